The molecule has 1 aliphatic rings. The average Bonchev–Trinajstić information content (AvgIpc) is 2.18. The topological polar surface area (TPSA) is 140 Å². The number of carbonyl (C=O) groups is 1. The molecule has 1 heterocycles. The van der Waals surface area contributed by atoms with Crippen LogP contribution in [0.4, 0.5) is 0 Å². The molecule has 17 heavy (non-hydrogen) atoms. The standard InChI is InChI=1S/C7H12O9S/c1-14-5-4(8)3(16-17(11,12)13)2-15-6(5)7(9)10/h3-6,8H,2H2,1H3,(H,9,10)(H,11,12,13). The quantitative estimate of drug-likeness (QED) is 0.497. The van der Waals surface area contributed by atoms with Crippen molar-refractivity contribution in [2.75, 3.05) is 13.7 Å². The van der Waals surface area contributed by atoms with Crippen LogP contribution in [0.5, 0.6) is 0 Å². The molecule has 1 fully saturated rings. The highest BCUT2D eigenvalue weighted by Gasteiger charge is 2.45. The third-order valence-electron chi connectivity index (χ3n) is 2.22. The van der Waals surface area contributed by atoms with E-state index in [-0.39, 0.29) is 0 Å². The molecular formula is C7H12O9S. The fraction of sp³-hybridized carbons (Fsp3) is 0.857. The van der Waals surface area contributed by atoms with Crippen molar-refractivity contribution < 1.29 is 41.6 Å². The molecule has 10 heteroatoms. The Labute approximate surface area is 96.9 Å². The van der Waals surface area contributed by atoms with E-state index in [0.29, 0.717) is 0 Å². The van der Waals surface area contributed by atoms with E-state index < -0.39 is 47.4 Å². The van der Waals surface area contributed by atoms with Gasteiger partial charge in [-0.1, -0.05) is 0 Å². The maximum Gasteiger partial charge on any atom is 0.397 e. The van der Waals surface area contributed by atoms with Gasteiger partial charge in [-0.15, -0.1) is 0 Å². The van der Waals surface area contributed by atoms with Gasteiger partial charge in [-0.05, 0) is 0 Å². The summed E-state index contributed by atoms with van der Waals surface area (Å²) in [6, 6.07) is 0. The lowest BCUT2D eigenvalue weighted by molar-refractivity contribution is -0.204. The van der Waals surface area contributed by atoms with Gasteiger partial charge in [0.05, 0.1) is 6.61 Å². The van der Waals surface area contributed by atoms with E-state index in [9.17, 15) is 18.3 Å². The van der Waals surface area contributed by atoms with Crippen LogP contribution in [-0.2, 0) is 28.9 Å². The Hall–Kier alpha value is -0.780. The summed E-state index contributed by atoms with van der Waals surface area (Å²) in [7, 11) is -3.64. The van der Waals surface area contributed by atoms with Crippen molar-refractivity contribution >= 4 is 16.4 Å². The Bertz CT molecular complexity index is 377. The van der Waals surface area contributed by atoms with Crippen molar-refractivity contribution in [1.82, 2.24) is 0 Å². The first kappa shape index (κ1) is 14.3. The van der Waals surface area contributed by atoms with Gasteiger partial charge in [-0.2, -0.15) is 8.42 Å². The normalized spacial score (nSPS) is 34.5. The number of aliphatic carboxylic acids is 1. The first-order valence-electron chi connectivity index (χ1n) is 4.47. The summed E-state index contributed by atoms with van der Waals surface area (Å²) in [5.41, 5.74) is 0. The van der Waals surface area contributed by atoms with Gasteiger partial charge < -0.3 is 19.7 Å². The summed E-state index contributed by atoms with van der Waals surface area (Å²) in [5, 5.41) is 18.4. The van der Waals surface area contributed by atoms with Crippen molar-refractivity contribution in [2.24, 2.45) is 0 Å². The van der Waals surface area contributed by atoms with Crippen LogP contribution in [0.25, 0.3) is 0 Å². The third kappa shape index (κ3) is 3.59. The predicted molar refractivity (Wildman–Crippen MR) is 50.6 cm³/mol. The Morgan fingerprint density at radius 3 is 2.47 bits per heavy atom. The zero-order valence-corrected chi connectivity index (χ0v) is 9.53. The maximum absolute atomic E-state index is 10.7. The number of carboxylic acids is 1. The summed E-state index contributed by atoms with van der Waals surface area (Å²) >= 11 is 0. The first-order valence-corrected chi connectivity index (χ1v) is 5.83. The van der Waals surface area contributed by atoms with Crippen LogP contribution in [0.3, 0.4) is 0 Å². The highest BCUT2D eigenvalue weighted by Crippen LogP contribution is 2.21. The Kier molecular flexibility index (Phi) is 4.41. The molecule has 0 aromatic carbocycles. The van der Waals surface area contributed by atoms with E-state index in [0.717, 1.165) is 7.11 Å². The average molecular weight is 272 g/mol. The number of carboxylic acid groups (broad SMARTS) is 1. The van der Waals surface area contributed by atoms with Gasteiger partial charge in [0.2, 0.25) is 0 Å². The summed E-state index contributed by atoms with van der Waals surface area (Å²) in [6.45, 7) is -0.502. The number of ether oxygens (including phenoxy) is 2. The van der Waals surface area contributed by atoms with Crippen molar-refractivity contribution in [3.8, 4) is 0 Å². The van der Waals surface area contributed by atoms with Gasteiger partial charge in [0.25, 0.3) is 0 Å². The second kappa shape index (κ2) is 5.25. The number of aliphatic hydroxyl groups excluding tert-OH is 1. The van der Waals surface area contributed by atoms with Gasteiger partial charge in [-0.3, -0.25) is 4.55 Å². The lowest BCUT2D eigenvalue weighted by Crippen LogP contribution is -2.57. The Balaban J connectivity index is 2.80. The summed E-state index contributed by atoms with van der Waals surface area (Å²) in [4.78, 5) is 10.7. The molecule has 9 nitrogen and oxygen atoms in total. The van der Waals surface area contributed by atoms with E-state index in [2.05, 4.69) is 4.18 Å². The van der Waals surface area contributed by atoms with Gasteiger partial charge in [-0.25, -0.2) is 8.98 Å². The molecule has 4 atom stereocenters. The molecule has 0 bridgehead atoms. The van der Waals surface area contributed by atoms with Gasteiger partial charge in [0.1, 0.15) is 18.3 Å². The summed E-state index contributed by atoms with van der Waals surface area (Å²) < 4.78 is 43.0. The molecule has 100 valence electrons. The van der Waals surface area contributed by atoms with E-state index in [4.69, 9.17) is 19.1 Å². The fourth-order valence-corrected chi connectivity index (χ4v) is 1.98. The molecule has 0 saturated carbocycles. The monoisotopic (exact) mass is 272 g/mol. The molecule has 0 spiro atoms. The maximum atomic E-state index is 10.7. The number of hydrogen-bond donors (Lipinski definition) is 3. The minimum Gasteiger partial charge on any atom is -0.479 e. The molecule has 0 radical (unpaired) electrons. The minimum atomic E-state index is -4.77. The van der Waals surface area contributed by atoms with Crippen molar-refractivity contribution in [3.05, 3.63) is 0 Å². The first-order chi connectivity index (χ1) is 7.76. The molecule has 0 aromatic heterocycles. The van der Waals surface area contributed by atoms with Crippen molar-refractivity contribution in [2.45, 2.75) is 24.4 Å². The van der Waals surface area contributed by atoms with E-state index in [1.165, 1.54) is 0 Å². The van der Waals surface area contributed by atoms with Crippen LogP contribution in [0.15, 0.2) is 0 Å². The molecule has 0 amide bonds. The molecule has 4 unspecified atom stereocenters. The van der Waals surface area contributed by atoms with E-state index in [1.807, 2.05) is 0 Å². The highest BCUT2D eigenvalue weighted by atomic mass is 32.3. The molecule has 1 aliphatic heterocycles. The predicted octanol–water partition coefficient (Wildman–Crippen LogP) is -1.97. The number of hydrogen-bond acceptors (Lipinski definition) is 7. The summed E-state index contributed by atoms with van der Waals surface area (Å²) in [6.07, 6.45) is -5.72. The van der Waals surface area contributed by atoms with Gasteiger partial charge in [0, 0.05) is 7.11 Å². The largest absolute Gasteiger partial charge is 0.479 e. The Morgan fingerprint density at radius 2 is 2.06 bits per heavy atom. The lowest BCUT2D eigenvalue weighted by atomic mass is 10.00. The van der Waals surface area contributed by atoms with E-state index >= 15 is 0 Å². The van der Waals surface area contributed by atoms with Crippen LogP contribution in [0.1, 0.15) is 0 Å². The van der Waals surface area contributed by atoms with Crippen LogP contribution in [0.2, 0.25) is 0 Å². The molecule has 1 saturated heterocycles. The SMILES string of the molecule is COC1C(C(=O)O)OCC(OS(=O)(=O)O)C1O. The van der Waals surface area contributed by atoms with Crippen LogP contribution >= 0.6 is 0 Å². The van der Waals surface area contributed by atoms with E-state index in [1.54, 1.807) is 0 Å². The van der Waals surface area contributed by atoms with Crippen LogP contribution < -0.4 is 0 Å². The molecular weight excluding hydrogens is 260 g/mol. The van der Waals surface area contributed by atoms with Crippen molar-refractivity contribution in [1.29, 1.82) is 0 Å². The zero-order valence-electron chi connectivity index (χ0n) is 8.72. The minimum absolute atomic E-state index is 0.502. The van der Waals surface area contributed by atoms with Gasteiger partial charge >= 0.3 is 16.4 Å². The number of methoxy groups -OCH3 is 1. The number of rotatable bonds is 4. The second-order valence-electron chi connectivity index (χ2n) is 3.35. The Morgan fingerprint density at radius 1 is 1.47 bits per heavy atom. The second-order valence-corrected chi connectivity index (χ2v) is 4.39. The molecule has 0 aromatic rings. The van der Waals surface area contributed by atoms with Crippen LogP contribution in [0, 0.1) is 0 Å². The fourth-order valence-electron chi connectivity index (χ4n) is 1.50. The zero-order chi connectivity index (χ0) is 13.2. The highest BCUT2D eigenvalue weighted by molar-refractivity contribution is 7.80. The lowest BCUT2D eigenvalue weighted by Gasteiger charge is -2.36. The third-order valence-corrected chi connectivity index (χ3v) is 2.71. The van der Waals surface area contributed by atoms with Crippen LogP contribution in [-0.4, -0.2) is 67.3 Å². The van der Waals surface area contributed by atoms with Gasteiger partial charge in [0.15, 0.2) is 6.10 Å². The molecule has 1 rings (SSSR count). The number of aliphatic hydroxyl groups is 1. The smallest absolute Gasteiger partial charge is 0.397 e. The van der Waals surface area contributed by atoms with Crippen molar-refractivity contribution in [3.63, 3.8) is 0 Å². The summed E-state index contributed by atoms with van der Waals surface area (Å²) in [5.74, 6) is -1.36. The molecule has 0 aliphatic carbocycles. The molecule has 3 N–H and O–H groups in total.